The van der Waals surface area contributed by atoms with E-state index >= 15 is 0 Å². The molecule has 2 aromatic carbocycles. The first kappa shape index (κ1) is 18.9. The van der Waals surface area contributed by atoms with Crippen LogP contribution < -0.4 is 4.74 Å². The number of aromatic nitrogens is 3. The van der Waals surface area contributed by atoms with Gasteiger partial charge in [-0.1, -0.05) is 60.7 Å². The first-order valence-corrected chi connectivity index (χ1v) is 10.0. The highest BCUT2D eigenvalue weighted by atomic mass is 32.1. The zero-order chi connectivity index (χ0) is 20.2. The highest BCUT2D eigenvalue weighted by Gasteiger charge is 2.24. The Bertz CT molecular complexity index is 1120. The Morgan fingerprint density at radius 3 is 2.31 bits per heavy atom. The molecule has 0 bridgehead atoms. The van der Waals surface area contributed by atoms with Gasteiger partial charge in [-0.25, -0.2) is 14.5 Å². The lowest BCUT2D eigenvalue weighted by Crippen LogP contribution is -2.06. The third kappa shape index (κ3) is 3.64. The Labute approximate surface area is 172 Å². The topological polar surface area (TPSA) is 66.2 Å². The van der Waals surface area contributed by atoms with Gasteiger partial charge in [-0.2, -0.15) is 5.10 Å². The molecule has 0 spiro atoms. The van der Waals surface area contributed by atoms with E-state index < -0.39 is 5.97 Å². The minimum absolute atomic E-state index is 0.265. The second kappa shape index (κ2) is 8.28. The third-order valence-corrected chi connectivity index (χ3v) is 5.11. The molecular formula is C22H19N3O3S. The van der Waals surface area contributed by atoms with E-state index in [1.165, 1.54) is 11.3 Å². The second-order valence-corrected chi connectivity index (χ2v) is 6.95. The van der Waals surface area contributed by atoms with Crippen molar-refractivity contribution >= 4 is 17.3 Å². The van der Waals surface area contributed by atoms with E-state index in [9.17, 15) is 4.79 Å². The molecule has 0 atom stereocenters. The quantitative estimate of drug-likeness (QED) is 0.429. The van der Waals surface area contributed by atoms with Gasteiger partial charge in [0.1, 0.15) is 11.4 Å². The van der Waals surface area contributed by atoms with Crippen LogP contribution in [0.25, 0.3) is 27.6 Å². The zero-order valence-electron chi connectivity index (χ0n) is 16.0. The van der Waals surface area contributed by atoms with Crippen LogP contribution in [0.4, 0.5) is 0 Å². The summed E-state index contributed by atoms with van der Waals surface area (Å²) in [4.78, 5) is 16.5. The van der Waals surface area contributed by atoms with Crippen LogP contribution in [0.5, 0.6) is 5.75 Å². The van der Waals surface area contributed by atoms with Crippen molar-refractivity contribution in [2.24, 2.45) is 0 Å². The van der Waals surface area contributed by atoms with Crippen LogP contribution in [0.15, 0.2) is 66.0 Å². The maximum atomic E-state index is 12.1. The summed E-state index contributed by atoms with van der Waals surface area (Å²) >= 11 is 1.33. The maximum Gasteiger partial charge on any atom is 0.357 e. The van der Waals surface area contributed by atoms with Gasteiger partial charge in [-0.15, -0.1) is 11.3 Å². The molecule has 0 aliphatic heterocycles. The number of hydrogen-bond donors (Lipinski definition) is 0. The first-order valence-electron chi connectivity index (χ1n) is 9.13. The van der Waals surface area contributed by atoms with Gasteiger partial charge in [0.2, 0.25) is 5.13 Å². The highest BCUT2D eigenvalue weighted by molar-refractivity contribution is 7.12. The van der Waals surface area contributed by atoms with Crippen molar-refractivity contribution in [2.75, 3.05) is 13.7 Å². The Morgan fingerprint density at radius 1 is 1.03 bits per heavy atom. The van der Waals surface area contributed by atoms with Crippen LogP contribution >= 0.6 is 11.3 Å². The molecule has 29 heavy (non-hydrogen) atoms. The first-order chi connectivity index (χ1) is 14.2. The molecule has 4 aromatic rings. The van der Waals surface area contributed by atoms with Crippen LogP contribution in [-0.2, 0) is 4.74 Å². The van der Waals surface area contributed by atoms with E-state index in [0.29, 0.717) is 23.2 Å². The molecule has 6 nitrogen and oxygen atoms in total. The van der Waals surface area contributed by atoms with Gasteiger partial charge in [0.25, 0.3) is 0 Å². The van der Waals surface area contributed by atoms with Crippen molar-refractivity contribution in [3.8, 4) is 33.4 Å². The molecule has 0 N–H and O–H groups in total. The number of carbonyl (C=O) groups is 1. The van der Waals surface area contributed by atoms with Gasteiger partial charge < -0.3 is 9.47 Å². The molecule has 0 aliphatic carbocycles. The summed E-state index contributed by atoms with van der Waals surface area (Å²) in [6, 6.07) is 19.7. The summed E-state index contributed by atoms with van der Waals surface area (Å²) in [5.41, 5.74) is 3.62. The van der Waals surface area contributed by atoms with Crippen molar-refractivity contribution in [1.29, 1.82) is 0 Å². The normalized spacial score (nSPS) is 10.7. The van der Waals surface area contributed by atoms with Crippen molar-refractivity contribution in [3.63, 3.8) is 0 Å². The van der Waals surface area contributed by atoms with E-state index in [4.69, 9.17) is 14.6 Å². The minimum atomic E-state index is -0.446. The minimum Gasteiger partial charge on any atom is -0.492 e. The van der Waals surface area contributed by atoms with E-state index in [1.54, 1.807) is 24.1 Å². The lowest BCUT2D eigenvalue weighted by Gasteiger charge is -2.07. The second-order valence-electron chi connectivity index (χ2n) is 6.11. The van der Waals surface area contributed by atoms with Crippen molar-refractivity contribution in [3.05, 3.63) is 71.7 Å². The SMILES string of the molecule is CCOC(=O)c1csc(-n2nc(-c3ccccc3)c(OC)c2-c2ccccc2)n1. The summed E-state index contributed by atoms with van der Waals surface area (Å²) in [6.45, 7) is 2.07. The number of nitrogens with zero attached hydrogens (tertiary/aromatic N) is 3. The molecule has 0 saturated carbocycles. The lowest BCUT2D eigenvalue weighted by atomic mass is 10.1. The Kier molecular flexibility index (Phi) is 5.39. The van der Waals surface area contributed by atoms with Crippen LogP contribution in [-0.4, -0.2) is 34.5 Å². The third-order valence-electron chi connectivity index (χ3n) is 4.30. The molecule has 0 amide bonds. The Hall–Kier alpha value is -3.45. The number of methoxy groups -OCH3 is 1. The Morgan fingerprint density at radius 2 is 1.69 bits per heavy atom. The average molecular weight is 405 g/mol. The fraction of sp³-hybridized carbons (Fsp3) is 0.136. The smallest absolute Gasteiger partial charge is 0.357 e. The fourth-order valence-electron chi connectivity index (χ4n) is 3.03. The van der Waals surface area contributed by atoms with Gasteiger partial charge >= 0.3 is 5.97 Å². The van der Waals surface area contributed by atoms with Crippen molar-refractivity contribution in [1.82, 2.24) is 14.8 Å². The molecule has 2 heterocycles. The molecule has 146 valence electrons. The van der Waals surface area contributed by atoms with Crippen LogP contribution in [0, 0.1) is 0 Å². The maximum absolute atomic E-state index is 12.1. The number of thiazole rings is 1. The molecule has 4 rings (SSSR count). The highest BCUT2D eigenvalue weighted by Crippen LogP contribution is 2.40. The molecule has 0 unspecified atom stereocenters. The zero-order valence-corrected chi connectivity index (χ0v) is 16.8. The lowest BCUT2D eigenvalue weighted by molar-refractivity contribution is 0.0520. The standard InChI is InChI=1S/C22H19N3O3S/c1-3-28-21(26)17-14-29-22(23-17)25-19(16-12-8-5-9-13-16)20(27-2)18(24-25)15-10-6-4-7-11-15/h4-14H,3H2,1-2H3. The van der Waals surface area contributed by atoms with E-state index in [-0.39, 0.29) is 5.69 Å². The van der Waals surface area contributed by atoms with Crippen LogP contribution in [0.2, 0.25) is 0 Å². The largest absolute Gasteiger partial charge is 0.492 e. The molecule has 0 fully saturated rings. The van der Waals surface area contributed by atoms with Gasteiger partial charge in [-0.3, -0.25) is 0 Å². The predicted molar refractivity (Wildman–Crippen MR) is 113 cm³/mol. The molecule has 0 aliphatic rings. The molecule has 7 heteroatoms. The van der Waals surface area contributed by atoms with Gasteiger partial charge in [0.15, 0.2) is 11.4 Å². The predicted octanol–water partition coefficient (Wildman–Crippen LogP) is 4.85. The number of carbonyl (C=O) groups excluding carboxylic acids is 1. The molecule has 0 radical (unpaired) electrons. The Balaban J connectivity index is 1.91. The van der Waals surface area contributed by atoms with E-state index in [2.05, 4.69) is 4.98 Å². The van der Waals surface area contributed by atoms with Gasteiger partial charge in [0, 0.05) is 16.5 Å². The fourth-order valence-corrected chi connectivity index (χ4v) is 3.78. The summed E-state index contributed by atoms with van der Waals surface area (Å²) in [6.07, 6.45) is 0. The monoisotopic (exact) mass is 405 g/mol. The molecule has 2 aromatic heterocycles. The number of esters is 1. The van der Waals surface area contributed by atoms with Gasteiger partial charge in [0.05, 0.1) is 13.7 Å². The van der Waals surface area contributed by atoms with Crippen molar-refractivity contribution < 1.29 is 14.3 Å². The number of benzene rings is 2. The van der Waals surface area contributed by atoms with Crippen LogP contribution in [0.3, 0.4) is 0 Å². The molecule has 0 saturated heterocycles. The summed E-state index contributed by atoms with van der Waals surface area (Å²) in [5, 5.41) is 7.05. The van der Waals surface area contributed by atoms with Crippen molar-refractivity contribution in [2.45, 2.75) is 6.92 Å². The van der Waals surface area contributed by atoms with Crippen LogP contribution in [0.1, 0.15) is 17.4 Å². The number of rotatable bonds is 6. The summed E-state index contributed by atoms with van der Waals surface area (Å²) in [7, 11) is 1.63. The number of hydrogen-bond acceptors (Lipinski definition) is 6. The van der Waals surface area contributed by atoms with Gasteiger partial charge in [-0.05, 0) is 6.92 Å². The summed E-state index contributed by atoms with van der Waals surface area (Å²) in [5.74, 6) is 0.203. The van der Waals surface area contributed by atoms with E-state index in [0.717, 1.165) is 16.8 Å². The molecular weight excluding hydrogens is 386 g/mol. The summed E-state index contributed by atoms with van der Waals surface area (Å²) < 4.78 is 12.6. The average Bonchev–Trinajstić information content (AvgIpc) is 3.40. The van der Waals surface area contributed by atoms with E-state index in [1.807, 2.05) is 60.7 Å². The number of ether oxygens (including phenoxy) is 2.